The maximum absolute atomic E-state index is 13.3. The molecule has 1 aromatic carbocycles. The Hall–Kier alpha value is -3.17. The van der Waals surface area contributed by atoms with E-state index in [4.69, 9.17) is 9.47 Å². The van der Waals surface area contributed by atoms with E-state index < -0.39 is 0 Å². The van der Waals surface area contributed by atoms with Gasteiger partial charge in [-0.15, -0.1) is 0 Å². The van der Waals surface area contributed by atoms with Crippen LogP contribution >= 0.6 is 0 Å². The number of amides is 1. The summed E-state index contributed by atoms with van der Waals surface area (Å²) in [6, 6.07) is 5.65. The van der Waals surface area contributed by atoms with E-state index in [0.717, 1.165) is 98.0 Å². The van der Waals surface area contributed by atoms with Crippen LogP contribution in [0.4, 0.5) is 0 Å². The molecule has 4 rings (SSSR count). The zero-order chi connectivity index (χ0) is 26.9. The number of methoxy groups -OCH3 is 1. The van der Waals surface area contributed by atoms with Crippen LogP contribution in [0.25, 0.3) is 10.9 Å². The molecule has 1 aliphatic rings. The van der Waals surface area contributed by atoms with Gasteiger partial charge >= 0.3 is 0 Å². The minimum absolute atomic E-state index is 0.0471. The van der Waals surface area contributed by atoms with E-state index in [-0.39, 0.29) is 18.4 Å². The molecule has 0 aliphatic carbocycles. The molecule has 0 saturated carbocycles. The number of imidazole rings is 1. The largest absolute Gasteiger partial charge is 0.497 e. The van der Waals surface area contributed by atoms with Crippen molar-refractivity contribution < 1.29 is 19.1 Å². The van der Waals surface area contributed by atoms with Crippen molar-refractivity contribution in [2.45, 2.75) is 71.4 Å². The summed E-state index contributed by atoms with van der Waals surface area (Å²) in [5, 5.41) is 4.24. The molecular weight excluding hydrogens is 482 g/mol. The minimum Gasteiger partial charge on any atom is -0.497 e. The van der Waals surface area contributed by atoms with Crippen LogP contribution in [0.2, 0.25) is 0 Å². The number of Topliss-reactive ketones (excluding diaryl/α,β-unsaturated/α-hetero) is 1. The number of aryl methyl sites for hydroxylation is 1. The molecule has 0 unspecified atom stereocenters. The molecule has 0 spiro atoms. The van der Waals surface area contributed by atoms with Gasteiger partial charge in [-0.3, -0.25) is 14.5 Å². The summed E-state index contributed by atoms with van der Waals surface area (Å²) >= 11 is 0. The summed E-state index contributed by atoms with van der Waals surface area (Å²) in [7, 11) is 1.65. The second-order valence-corrected chi connectivity index (χ2v) is 10.1. The smallest absolute Gasteiger partial charge is 0.225 e. The normalized spacial score (nSPS) is 15.0. The third kappa shape index (κ3) is 7.45. The zero-order valence-electron chi connectivity index (χ0n) is 22.9. The van der Waals surface area contributed by atoms with Crippen LogP contribution in [-0.2, 0) is 27.3 Å². The van der Waals surface area contributed by atoms with E-state index in [0.29, 0.717) is 18.6 Å². The van der Waals surface area contributed by atoms with Gasteiger partial charge in [-0.05, 0) is 43.5 Å². The maximum Gasteiger partial charge on any atom is 0.225 e. The molecular formula is C29H41N5O4. The monoisotopic (exact) mass is 523 g/mol. The fraction of sp³-hybridized carbons (Fsp3) is 0.552. The van der Waals surface area contributed by atoms with Crippen molar-refractivity contribution in [3.8, 4) is 5.75 Å². The highest BCUT2D eigenvalue weighted by molar-refractivity contribution is 5.91. The molecule has 1 aliphatic heterocycles. The first-order chi connectivity index (χ1) is 18.5. The van der Waals surface area contributed by atoms with Crippen molar-refractivity contribution in [2.75, 3.05) is 33.4 Å². The fourth-order valence-electron chi connectivity index (χ4n) is 5.06. The van der Waals surface area contributed by atoms with Crippen molar-refractivity contribution >= 4 is 22.6 Å². The summed E-state index contributed by atoms with van der Waals surface area (Å²) in [6.45, 7) is 7.99. The van der Waals surface area contributed by atoms with Crippen molar-refractivity contribution in [1.82, 2.24) is 25.2 Å². The summed E-state index contributed by atoms with van der Waals surface area (Å²) in [5.41, 5.74) is 3.98. The number of ether oxygens (including phenoxy) is 2. The van der Waals surface area contributed by atoms with Gasteiger partial charge in [0.2, 0.25) is 5.91 Å². The van der Waals surface area contributed by atoms with Crippen LogP contribution in [0.3, 0.4) is 0 Å². The fourth-order valence-corrected chi connectivity index (χ4v) is 5.06. The van der Waals surface area contributed by atoms with Crippen LogP contribution in [0, 0.1) is 6.92 Å². The molecule has 9 nitrogen and oxygen atoms in total. The van der Waals surface area contributed by atoms with Crippen LogP contribution in [0.5, 0.6) is 5.75 Å². The lowest BCUT2D eigenvalue weighted by Gasteiger charge is -2.25. The molecule has 206 valence electrons. The Labute approximate surface area is 224 Å². The number of morpholine rings is 1. The molecule has 1 atom stereocenters. The van der Waals surface area contributed by atoms with Gasteiger partial charge in [-0.1, -0.05) is 19.8 Å². The molecule has 1 saturated heterocycles. The number of aromatic amines is 2. The van der Waals surface area contributed by atoms with Gasteiger partial charge in [-0.2, -0.15) is 0 Å². The first-order valence-electron chi connectivity index (χ1n) is 13.8. The number of nitrogens with one attached hydrogen (secondary N) is 3. The predicted octanol–water partition coefficient (Wildman–Crippen LogP) is 4.37. The second-order valence-electron chi connectivity index (χ2n) is 10.1. The van der Waals surface area contributed by atoms with Gasteiger partial charge in [0.05, 0.1) is 32.8 Å². The predicted molar refractivity (Wildman–Crippen MR) is 147 cm³/mol. The number of rotatable bonds is 14. The van der Waals surface area contributed by atoms with Crippen molar-refractivity contribution in [3.05, 3.63) is 47.2 Å². The molecule has 9 heteroatoms. The standard InChI is InChI=1S/C29H41N5O4/c1-4-22(35)8-6-5-7-9-27(29-30-18-21(32-29)19-34-12-14-38-15-13-34)33-28(36)17-24-20(2)31-26-11-10-23(37-3)16-25(24)26/h10-11,16,18,27,31H,4-9,12-15,17,19H2,1-3H3,(H,30,32)(H,33,36)/t27-/m0/s1. The summed E-state index contributed by atoms with van der Waals surface area (Å²) in [6.07, 6.45) is 6.85. The number of unbranched alkanes of at least 4 members (excludes halogenated alkanes) is 2. The average Bonchev–Trinajstić information content (AvgIpc) is 3.51. The number of H-pyrrole nitrogens is 2. The molecule has 0 bridgehead atoms. The topological polar surface area (TPSA) is 112 Å². The SMILES string of the molecule is CCC(=O)CCCCC[C@H](NC(=O)Cc1c(C)[nH]c2ccc(OC)cc12)c1ncc(CN2CCOCC2)[nH]1. The lowest BCUT2D eigenvalue weighted by molar-refractivity contribution is -0.121. The Morgan fingerprint density at radius 1 is 1.18 bits per heavy atom. The van der Waals surface area contributed by atoms with E-state index >= 15 is 0 Å². The molecule has 2 aromatic heterocycles. The number of fused-ring (bicyclic) bond motifs is 1. The van der Waals surface area contributed by atoms with Gasteiger partial charge < -0.3 is 24.8 Å². The number of hydrogen-bond acceptors (Lipinski definition) is 6. The van der Waals surface area contributed by atoms with E-state index in [1.54, 1.807) is 7.11 Å². The van der Waals surface area contributed by atoms with E-state index in [2.05, 4.69) is 25.2 Å². The number of carbonyl (C=O) groups is 2. The summed E-state index contributed by atoms with van der Waals surface area (Å²) < 4.78 is 10.9. The molecule has 3 heterocycles. The lowest BCUT2D eigenvalue weighted by atomic mass is 10.0. The second kappa shape index (κ2) is 13.6. The lowest BCUT2D eigenvalue weighted by Crippen LogP contribution is -2.35. The summed E-state index contributed by atoms with van der Waals surface area (Å²) in [4.78, 5) is 38.8. The number of nitrogens with zero attached hydrogens (tertiary/aromatic N) is 2. The minimum atomic E-state index is -0.220. The Kier molecular flexibility index (Phi) is 9.95. The first kappa shape index (κ1) is 27.9. The highest BCUT2D eigenvalue weighted by Gasteiger charge is 2.21. The molecule has 0 radical (unpaired) electrons. The molecule has 38 heavy (non-hydrogen) atoms. The van der Waals surface area contributed by atoms with Gasteiger partial charge in [0, 0.05) is 61.0 Å². The Morgan fingerprint density at radius 3 is 2.76 bits per heavy atom. The number of benzene rings is 1. The molecule has 1 amide bonds. The van der Waals surface area contributed by atoms with E-state index in [1.165, 1.54) is 0 Å². The van der Waals surface area contributed by atoms with Crippen molar-refractivity contribution in [1.29, 1.82) is 0 Å². The maximum atomic E-state index is 13.3. The van der Waals surface area contributed by atoms with E-state index in [9.17, 15) is 9.59 Å². The van der Waals surface area contributed by atoms with Gasteiger partial charge in [0.15, 0.2) is 0 Å². The Bertz CT molecular complexity index is 1210. The number of carbonyl (C=O) groups excluding carboxylic acids is 2. The van der Waals surface area contributed by atoms with E-state index in [1.807, 2.05) is 38.2 Å². The third-order valence-electron chi connectivity index (χ3n) is 7.32. The number of hydrogen-bond donors (Lipinski definition) is 3. The Balaban J connectivity index is 1.43. The first-order valence-corrected chi connectivity index (χ1v) is 13.8. The highest BCUT2D eigenvalue weighted by atomic mass is 16.5. The summed E-state index contributed by atoms with van der Waals surface area (Å²) in [5.74, 6) is 1.80. The van der Waals surface area contributed by atoms with Crippen LogP contribution in [-0.4, -0.2) is 65.0 Å². The average molecular weight is 524 g/mol. The van der Waals surface area contributed by atoms with Crippen LogP contribution in [0.15, 0.2) is 24.4 Å². The van der Waals surface area contributed by atoms with Crippen molar-refractivity contribution in [2.24, 2.45) is 0 Å². The van der Waals surface area contributed by atoms with Crippen LogP contribution in [0.1, 0.15) is 74.3 Å². The highest BCUT2D eigenvalue weighted by Crippen LogP contribution is 2.27. The van der Waals surface area contributed by atoms with Crippen LogP contribution < -0.4 is 10.1 Å². The molecule has 3 N–H and O–H groups in total. The van der Waals surface area contributed by atoms with Crippen molar-refractivity contribution in [3.63, 3.8) is 0 Å². The number of ketones is 1. The Morgan fingerprint density at radius 2 is 2.00 bits per heavy atom. The molecule has 3 aromatic rings. The van der Waals surface area contributed by atoms with Gasteiger partial charge in [-0.25, -0.2) is 4.98 Å². The van der Waals surface area contributed by atoms with Gasteiger partial charge in [0.1, 0.15) is 17.4 Å². The molecule has 1 fully saturated rings. The number of aromatic nitrogens is 3. The van der Waals surface area contributed by atoms with Gasteiger partial charge in [0.25, 0.3) is 0 Å². The zero-order valence-corrected chi connectivity index (χ0v) is 22.9. The quantitative estimate of drug-likeness (QED) is 0.271. The third-order valence-corrected chi connectivity index (χ3v) is 7.32.